The molecular formula is C14H13FN4O. The summed E-state index contributed by atoms with van der Waals surface area (Å²) < 4.78 is 13.4. The Morgan fingerprint density at radius 3 is 3.00 bits per heavy atom. The summed E-state index contributed by atoms with van der Waals surface area (Å²) in [6.45, 7) is 0.705. The third-order valence-electron chi connectivity index (χ3n) is 3.42. The summed E-state index contributed by atoms with van der Waals surface area (Å²) in [7, 11) is 0. The van der Waals surface area contributed by atoms with E-state index >= 15 is 0 Å². The lowest BCUT2D eigenvalue weighted by Gasteiger charge is -2.21. The Hall–Kier alpha value is -2.63. The van der Waals surface area contributed by atoms with Gasteiger partial charge in [0.1, 0.15) is 5.82 Å². The van der Waals surface area contributed by atoms with E-state index in [2.05, 4.69) is 10.1 Å². The first-order valence-electron chi connectivity index (χ1n) is 6.18. The molecule has 6 heteroatoms. The van der Waals surface area contributed by atoms with Gasteiger partial charge < -0.3 is 15.8 Å². The van der Waals surface area contributed by atoms with Gasteiger partial charge in [0.15, 0.2) is 5.84 Å². The molecule has 102 valence electrons. The number of pyridine rings is 1. The number of anilines is 2. The molecule has 1 aromatic heterocycles. The molecule has 0 saturated carbocycles. The van der Waals surface area contributed by atoms with Crippen LogP contribution < -0.4 is 10.6 Å². The molecule has 20 heavy (non-hydrogen) atoms. The van der Waals surface area contributed by atoms with Crippen molar-refractivity contribution in [2.24, 2.45) is 10.9 Å². The lowest BCUT2D eigenvalue weighted by atomic mass is 10.1. The number of amidine groups is 1. The maximum Gasteiger partial charge on any atom is 0.172 e. The van der Waals surface area contributed by atoms with E-state index in [1.165, 1.54) is 12.1 Å². The van der Waals surface area contributed by atoms with Crippen molar-refractivity contribution < 1.29 is 9.60 Å². The first-order chi connectivity index (χ1) is 9.70. The zero-order valence-electron chi connectivity index (χ0n) is 10.6. The van der Waals surface area contributed by atoms with Gasteiger partial charge in [-0.1, -0.05) is 11.2 Å². The van der Waals surface area contributed by atoms with Gasteiger partial charge in [0.05, 0.1) is 11.9 Å². The predicted molar refractivity (Wildman–Crippen MR) is 73.9 cm³/mol. The first-order valence-corrected chi connectivity index (χ1v) is 6.18. The summed E-state index contributed by atoms with van der Waals surface area (Å²) >= 11 is 0. The molecule has 0 aliphatic carbocycles. The second-order valence-corrected chi connectivity index (χ2v) is 4.55. The number of rotatable bonds is 2. The Morgan fingerprint density at radius 2 is 2.20 bits per heavy atom. The average molecular weight is 272 g/mol. The van der Waals surface area contributed by atoms with E-state index in [1.807, 2.05) is 4.90 Å². The number of hydrogen-bond acceptors (Lipinski definition) is 4. The van der Waals surface area contributed by atoms with Crippen molar-refractivity contribution in [3.05, 3.63) is 53.6 Å². The van der Waals surface area contributed by atoms with Crippen LogP contribution in [0, 0.1) is 5.82 Å². The predicted octanol–water partition coefficient (Wildman–Crippen LogP) is 2.01. The molecule has 3 rings (SSSR count). The molecule has 1 aliphatic rings. The van der Waals surface area contributed by atoms with Gasteiger partial charge in [-0.25, -0.2) is 4.39 Å². The lowest BCUT2D eigenvalue weighted by molar-refractivity contribution is 0.318. The van der Waals surface area contributed by atoms with Crippen molar-refractivity contribution >= 4 is 17.2 Å². The number of benzene rings is 1. The van der Waals surface area contributed by atoms with Crippen LogP contribution in [-0.4, -0.2) is 22.6 Å². The maximum absolute atomic E-state index is 13.4. The Labute approximate surface area is 115 Å². The highest BCUT2D eigenvalue weighted by Gasteiger charge is 2.24. The van der Waals surface area contributed by atoms with E-state index < -0.39 is 0 Å². The molecule has 0 radical (unpaired) electrons. The van der Waals surface area contributed by atoms with E-state index in [1.54, 1.807) is 24.5 Å². The number of fused-ring (bicyclic) bond motifs is 1. The molecule has 0 atom stereocenters. The highest BCUT2D eigenvalue weighted by Crippen LogP contribution is 2.36. The fourth-order valence-corrected chi connectivity index (χ4v) is 2.47. The molecule has 0 saturated heterocycles. The molecule has 0 fully saturated rings. The van der Waals surface area contributed by atoms with Crippen molar-refractivity contribution in [1.82, 2.24) is 4.98 Å². The number of oxime groups is 1. The van der Waals surface area contributed by atoms with E-state index in [0.717, 1.165) is 17.7 Å². The number of nitrogens with zero attached hydrogens (tertiary/aromatic N) is 3. The molecule has 3 N–H and O–H groups in total. The van der Waals surface area contributed by atoms with Crippen LogP contribution in [0.1, 0.15) is 11.1 Å². The molecule has 0 spiro atoms. The zero-order chi connectivity index (χ0) is 14.1. The van der Waals surface area contributed by atoms with E-state index in [-0.39, 0.29) is 11.7 Å². The average Bonchev–Trinajstić information content (AvgIpc) is 2.89. The minimum absolute atomic E-state index is 0.00672. The minimum atomic E-state index is -0.287. The molecule has 0 unspecified atom stereocenters. The summed E-state index contributed by atoms with van der Waals surface area (Å²) in [4.78, 5) is 6.00. The van der Waals surface area contributed by atoms with Gasteiger partial charge in [-0.05, 0) is 30.2 Å². The van der Waals surface area contributed by atoms with Crippen LogP contribution in [0.15, 0.2) is 41.8 Å². The number of hydrogen-bond donors (Lipinski definition) is 2. The highest BCUT2D eigenvalue weighted by atomic mass is 19.1. The second-order valence-electron chi connectivity index (χ2n) is 4.55. The van der Waals surface area contributed by atoms with Gasteiger partial charge in [-0.3, -0.25) is 4.98 Å². The third kappa shape index (κ3) is 1.95. The monoisotopic (exact) mass is 272 g/mol. The van der Waals surface area contributed by atoms with Gasteiger partial charge in [-0.2, -0.15) is 0 Å². The zero-order valence-corrected chi connectivity index (χ0v) is 10.6. The van der Waals surface area contributed by atoms with Crippen molar-refractivity contribution in [3.8, 4) is 0 Å². The molecule has 1 aromatic carbocycles. The van der Waals surface area contributed by atoms with Crippen LogP contribution in [0.2, 0.25) is 0 Å². The molecule has 5 nitrogen and oxygen atoms in total. The van der Waals surface area contributed by atoms with Crippen LogP contribution >= 0.6 is 0 Å². The van der Waals surface area contributed by atoms with Gasteiger partial charge in [0.25, 0.3) is 0 Å². The Kier molecular flexibility index (Phi) is 2.98. The molecule has 0 amide bonds. The molecule has 1 aliphatic heterocycles. The van der Waals surface area contributed by atoms with Crippen LogP contribution in [0.4, 0.5) is 15.8 Å². The topological polar surface area (TPSA) is 74.7 Å². The van der Waals surface area contributed by atoms with Crippen LogP contribution in [0.5, 0.6) is 0 Å². The maximum atomic E-state index is 13.4. The molecular weight excluding hydrogens is 259 g/mol. The molecule has 2 aromatic rings. The normalized spacial score (nSPS) is 14.4. The minimum Gasteiger partial charge on any atom is -0.409 e. The van der Waals surface area contributed by atoms with Crippen LogP contribution in [0.25, 0.3) is 0 Å². The summed E-state index contributed by atoms with van der Waals surface area (Å²) in [5.41, 5.74) is 8.82. The fraction of sp³-hybridized carbons (Fsp3) is 0.143. The second kappa shape index (κ2) is 4.80. The van der Waals surface area contributed by atoms with E-state index in [4.69, 9.17) is 10.9 Å². The summed E-state index contributed by atoms with van der Waals surface area (Å²) in [6, 6.07) is 6.40. The number of aromatic nitrogens is 1. The highest BCUT2D eigenvalue weighted by molar-refractivity contribution is 6.02. The number of halogens is 1. The number of nitrogens with two attached hydrogens (primary N) is 1. The summed E-state index contributed by atoms with van der Waals surface area (Å²) in [5, 5.41) is 11.9. The van der Waals surface area contributed by atoms with Crippen LogP contribution in [-0.2, 0) is 6.42 Å². The standard InChI is InChI=1S/C14H13FN4O/c15-10-2-1-9-4-6-19(12(9)7-10)13-8-17-5-3-11(13)14(16)18-20/h1-3,5,7-8,20H,4,6H2,(H2,16,18). The van der Waals surface area contributed by atoms with Gasteiger partial charge in [-0.15, -0.1) is 0 Å². The molecule has 0 bridgehead atoms. The van der Waals surface area contributed by atoms with Gasteiger partial charge in [0.2, 0.25) is 0 Å². The largest absolute Gasteiger partial charge is 0.409 e. The molecule has 2 heterocycles. The smallest absolute Gasteiger partial charge is 0.172 e. The van der Waals surface area contributed by atoms with Crippen molar-refractivity contribution in [2.75, 3.05) is 11.4 Å². The van der Waals surface area contributed by atoms with E-state index in [9.17, 15) is 4.39 Å². The van der Waals surface area contributed by atoms with Gasteiger partial charge in [0, 0.05) is 24.0 Å². The quantitative estimate of drug-likeness (QED) is 0.379. The Morgan fingerprint density at radius 1 is 1.35 bits per heavy atom. The summed E-state index contributed by atoms with van der Waals surface area (Å²) in [6.07, 6.45) is 4.02. The fourth-order valence-electron chi connectivity index (χ4n) is 2.47. The van der Waals surface area contributed by atoms with Gasteiger partial charge >= 0.3 is 0 Å². The third-order valence-corrected chi connectivity index (χ3v) is 3.42. The van der Waals surface area contributed by atoms with Crippen molar-refractivity contribution in [2.45, 2.75) is 6.42 Å². The SMILES string of the molecule is N/C(=N/O)c1ccncc1N1CCc2ccc(F)cc21. The van der Waals surface area contributed by atoms with Crippen LogP contribution in [0.3, 0.4) is 0 Å². The van der Waals surface area contributed by atoms with Crippen molar-refractivity contribution in [1.29, 1.82) is 0 Å². The van der Waals surface area contributed by atoms with Crippen molar-refractivity contribution in [3.63, 3.8) is 0 Å². The summed E-state index contributed by atoms with van der Waals surface area (Å²) in [5.74, 6) is -0.280. The Balaban J connectivity index is 2.11. The first kappa shape index (κ1) is 12.4. The Bertz CT molecular complexity index is 687. The lowest BCUT2D eigenvalue weighted by Crippen LogP contribution is -2.21. The van der Waals surface area contributed by atoms with E-state index in [0.29, 0.717) is 17.8 Å².